The molecule has 0 aliphatic rings. The number of carbonyl (C=O) groups is 1. The number of hydrogen-bond donors (Lipinski definition) is 0. The molecule has 0 spiro atoms. The second-order valence-electron chi connectivity index (χ2n) is 4.02. The van der Waals surface area contributed by atoms with Gasteiger partial charge >= 0.3 is 0 Å². The van der Waals surface area contributed by atoms with Gasteiger partial charge in [0.15, 0.2) is 0 Å². The molecule has 0 aromatic rings. The molecule has 11 heavy (non-hydrogen) atoms. The molecule has 0 heterocycles. The van der Waals surface area contributed by atoms with E-state index in [1.807, 2.05) is 34.6 Å². The molecule has 0 aromatic heterocycles. The van der Waals surface area contributed by atoms with E-state index < -0.39 is 0 Å². The van der Waals surface area contributed by atoms with Gasteiger partial charge in [0, 0.05) is 11.3 Å². The van der Waals surface area contributed by atoms with Crippen molar-refractivity contribution >= 4 is 5.78 Å². The van der Waals surface area contributed by atoms with E-state index in [4.69, 9.17) is 0 Å². The Morgan fingerprint density at radius 1 is 1.27 bits per heavy atom. The Labute approximate surface area is 69.2 Å². The maximum Gasteiger partial charge on any atom is 0.207 e. The SMILES string of the molecule is CC(C)C(=O)C#CC(C)(C)C. The largest absolute Gasteiger partial charge is 0.285 e. The fourth-order valence-electron chi connectivity index (χ4n) is 0.393. The number of rotatable bonds is 1. The van der Waals surface area contributed by atoms with Gasteiger partial charge in [-0.15, -0.1) is 0 Å². The van der Waals surface area contributed by atoms with Gasteiger partial charge in [-0.1, -0.05) is 19.8 Å². The van der Waals surface area contributed by atoms with Crippen LogP contribution >= 0.6 is 0 Å². The summed E-state index contributed by atoms with van der Waals surface area (Å²) in [6.45, 7) is 9.70. The molecule has 0 amide bonds. The van der Waals surface area contributed by atoms with Crippen LogP contribution in [0, 0.1) is 23.2 Å². The topological polar surface area (TPSA) is 17.1 Å². The second kappa shape index (κ2) is 3.57. The third kappa shape index (κ3) is 5.66. The molecule has 0 aromatic carbocycles. The summed E-state index contributed by atoms with van der Waals surface area (Å²) in [5, 5.41) is 0. The zero-order valence-corrected chi connectivity index (χ0v) is 7.99. The summed E-state index contributed by atoms with van der Waals surface area (Å²) >= 11 is 0. The van der Waals surface area contributed by atoms with E-state index in [0.29, 0.717) is 0 Å². The van der Waals surface area contributed by atoms with Gasteiger partial charge in [0.2, 0.25) is 5.78 Å². The molecule has 0 aliphatic heterocycles. The van der Waals surface area contributed by atoms with Crippen LogP contribution in [0.3, 0.4) is 0 Å². The summed E-state index contributed by atoms with van der Waals surface area (Å²) in [6, 6.07) is 0. The lowest BCUT2D eigenvalue weighted by Gasteiger charge is -2.06. The quantitative estimate of drug-likeness (QED) is 0.416. The highest BCUT2D eigenvalue weighted by Gasteiger charge is 2.06. The first-order chi connectivity index (χ1) is 4.83. The highest BCUT2D eigenvalue weighted by molar-refractivity contribution is 5.96. The summed E-state index contributed by atoms with van der Waals surface area (Å²) in [7, 11) is 0. The van der Waals surface area contributed by atoms with E-state index in [0.717, 1.165) is 0 Å². The molecule has 0 fully saturated rings. The molecular weight excluding hydrogens is 136 g/mol. The second-order valence-corrected chi connectivity index (χ2v) is 4.02. The lowest BCUT2D eigenvalue weighted by atomic mass is 9.97. The van der Waals surface area contributed by atoms with Crippen LogP contribution in [0.1, 0.15) is 34.6 Å². The number of carbonyl (C=O) groups excluding carboxylic acids is 1. The Morgan fingerprint density at radius 3 is 2.00 bits per heavy atom. The van der Waals surface area contributed by atoms with E-state index in [1.165, 1.54) is 0 Å². The highest BCUT2D eigenvalue weighted by atomic mass is 16.1. The van der Waals surface area contributed by atoms with Crippen LogP contribution < -0.4 is 0 Å². The maximum absolute atomic E-state index is 11.0. The predicted octanol–water partition coefficient (Wildman–Crippen LogP) is 2.26. The van der Waals surface area contributed by atoms with Gasteiger partial charge in [-0.25, -0.2) is 0 Å². The Morgan fingerprint density at radius 2 is 1.73 bits per heavy atom. The Balaban J connectivity index is 4.20. The lowest BCUT2D eigenvalue weighted by Crippen LogP contribution is -2.06. The molecule has 1 nitrogen and oxygen atoms in total. The van der Waals surface area contributed by atoms with E-state index in [-0.39, 0.29) is 17.1 Å². The molecule has 0 aliphatic carbocycles. The first-order valence-electron chi connectivity index (χ1n) is 3.90. The van der Waals surface area contributed by atoms with Crippen LogP contribution in [0.15, 0.2) is 0 Å². The third-order valence-electron chi connectivity index (χ3n) is 1.09. The fourth-order valence-corrected chi connectivity index (χ4v) is 0.393. The van der Waals surface area contributed by atoms with Gasteiger partial charge < -0.3 is 0 Å². The van der Waals surface area contributed by atoms with E-state index >= 15 is 0 Å². The standard InChI is InChI=1S/C10H16O/c1-8(2)9(11)6-7-10(3,4)5/h8H,1-5H3. The number of Topliss-reactive ketones (excluding diaryl/α,β-unsaturated/α-hetero) is 1. The fraction of sp³-hybridized carbons (Fsp3) is 0.700. The van der Waals surface area contributed by atoms with Gasteiger partial charge in [-0.2, -0.15) is 0 Å². The van der Waals surface area contributed by atoms with Crippen molar-refractivity contribution in [1.29, 1.82) is 0 Å². The maximum atomic E-state index is 11.0. The van der Waals surface area contributed by atoms with Crippen molar-refractivity contribution in [3.63, 3.8) is 0 Å². The van der Waals surface area contributed by atoms with Gasteiger partial charge in [0.25, 0.3) is 0 Å². The van der Waals surface area contributed by atoms with E-state index in [9.17, 15) is 4.79 Å². The van der Waals surface area contributed by atoms with Gasteiger partial charge in [0.05, 0.1) is 0 Å². The molecule has 0 atom stereocenters. The van der Waals surface area contributed by atoms with Gasteiger partial charge in [-0.05, 0) is 26.7 Å². The number of hydrogen-bond acceptors (Lipinski definition) is 1. The van der Waals surface area contributed by atoms with Crippen molar-refractivity contribution in [1.82, 2.24) is 0 Å². The smallest absolute Gasteiger partial charge is 0.207 e. The van der Waals surface area contributed by atoms with E-state index in [2.05, 4.69) is 11.8 Å². The highest BCUT2D eigenvalue weighted by Crippen LogP contribution is 2.09. The zero-order valence-electron chi connectivity index (χ0n) is 7.99. The van der Waals surface area contributed by atoms with Crippen molar-refractivity contribution in [2.75, 3.05) is 0 Å². The zero-order chi connectivity index (χ0) is 9.07. The van der Waals surface area contributed by atoms with Crippen molar-refractivity contribution in [3.05, 3.63) is 0 Å². The minimum Gasteiger partial charge on any atom is -0.285 e. The summed E-state index contributed by atoms with van der Waals surface area (Å²) in [6.07, 6.45) is 0. The van der Waals surface area contributed by atoms with Gasteiger partial charge in [0.1, 0.15) is 0 Å². The Kier molecular flexibility index (Phi) is 3.32. The van der Waals surface area contributed by atoms with Crippen LogP contribution in [0.25, 0.3) is 0 Å². The van der Waals surface area contributed by atoms with Crippen molar-refractivity contribution in [2.45, 2.75) is 34.6 Å². The summed E-state index contributed by atoms with van der Waals surface area (Å²) in [5.41, 5.74) is -0.0649. The van der Waals surface area contributed by atoms with Crippen molar-refractivity contribution in [3.8, 4) is 11.8 Å². The summed E-state index contributed by atoms with van der Waals surface area (Å²) < 4.78 is 0. The third-order valence-corrected chi connectivity index (χ3v) is 1.09. The van der Waals surface area contributed by atoms with Crippen LogP contribution in [-0.4, -0.2) is 5.78 Å². The minimum atomic E-state index is -0.0649. The molecule has 0 bridgehead atoms. The minimum absolute atomic E-state index is 0.0277. The van der Waals surface area contributed by atoms with Crippen LogP contribution in [0.4, 0.5) is 0 Å². The molecule has 0 saturated heterocycles. The molecule has 0 unspecified atom stereocenters. The summed E-state index contributed by atoms with van der Waals surface area (Å²) in [4.78, 5) is 11.0. The Bertz CT molecular complexity index is 195. The molecule has 0 radical (unpaired) electrons. The van der Waals surface area contributed by atoms with Crippen molar-refractivity contribution in [2.24, 2.45) is 11.3 Å². The lowest BCUT2D eigenvalue weighted by molar-refractivity contribution is -0.116. The molecule has 62 valence electrons. The van der Waals surface area contributed by atoms with Crippen molar-refractivity contribution < 1.29 is 4.79 Å². The molecule has 1 heteroatoms. The average molecular weight is 152 g/mol. The van der Waals surface area contributed by atoms with E-state index in [1.54, 1.807) is 0 Å². The van der Waals surface area contributed by atoms with Crippen LogP contribution in [-0.2, 0) is 4.79 Å². The monoisotopic (exact) mass is 152 g/mol. The first kappa shape index (κ1) is 10.2. The number of ketones is 1. The normalized spacial score (nSPS) is 10.7. The van der Waals surface area contributed by atoms with Crippen LogP contribution in [0.2, 0.25) is 0 Å². The molecule has 0 rings (SSSR count). The average Bonchev–Trinajstić information content (AvgIpc) is 1.80. The molecule has 0 N–H and O–H groups in total. The molecule has 0 saturated carbocycles. The van der Waals surface area contributed by atoms with Gasteiger partial charge in [-0.3, -0.25) is 4.79 Å². The predicted molar refractivity (Wildman–Crippen MR) is 47.1 cm³/mol. The first-order valence-corrected chi connectivity index (χ1v) is 3.90. The van der Waals surface area contributed by atoms with Crippen LogP contribution in [0.5, 0.6) is 0 Å². The molecular formula is C10H16O. The Hall–Kier alpha value is -0.770. The summed E-state index contributed by atoms with van der Waals surface area (Å²) in [5.74, 6) is 5.60.